The molecule has 0 aliphatic carbocycles. The van der Waals surface area contributed by atoms with Crippen molar-refractivity contribution in [1.29, 1.82) is 0 Å². The first kappa shape index (κ1) is 14.7. The number of nitrogens with zero attached hydrogens (tertiary/aromatic N) is 1. The number of methoxy groups -OCH3 is 1. The summed E-state index contributed by atoms with van der Waals surface area (Å²) in [5.74, 6) is -0.267. The molecule has 2 N–H and O–H groups in total. The zero-order valence-corrected chi connectivity index (χ0v) is 11.0. The van der Waals surface area contributed by atoms with E-state index in [2.05, 4.69) is 11.5 Å². The molecule has 0 amide bonds. The molecule has 1 unspecified atom stereocenters. The number of nitrogens with two attached hydrogens (primary N) is 1. The summed E-state index contributed by atoms with van der Waals surface area (Å²) in [7, 11) is 1.66. The molecule has 18 heavy (non-hydrogen) atoms. The minimum Gasteiger partial charge on any atom is -0.383 e. The summed E-state index contributed by atoms with van der Waals surface area (Å²) in [6.45, 7) is 7.58. The van der Waals surface area contributed by atoms with Gasteiger partial charge >= 0.3 is 0 Å². The third-order valence-electron chi connectivity index (χ3n) is 2.74. The first-order valence-corrected chi connectivity index (χ1v) is 6.00. The van der Waals surface area contributed by atoms with Gasteiger partial charge in [-0.05, 0) is 30.7 Å². The lowest BCUT2D eigenvalue weighted by molar-refractivity contribution is 0.205. The summed E-state index contributed by atoms with van der Waals surface area (Å²) in [5.41, 5.74) is 7.63. The summed E-state index contributed by atoms with van der Waals surface area (Å²) >= 11 is 0. The molecule has 1 aromatic carbocycles. The Balaban J connectivity index is 3.05. The number of hydrogen-bond donors (Lipinski definition) is 1. The molecule has 1 atom stereocenters. The number of halogens is 1. The van der Waals surface area contributed by atoms with Gasteiger partial charge in [-0.2, -0.15) is 0 Å². The highest BCUT2D eigenvalue weighted by molar-refractivity contribution is 5.55. The Hall–Kier alpha value is -1.39. The zero-order chi connectivity index (χ0) is 13.5. The maximum Gasteiger partial charge on any atom is 0.123 e. The van der Waals surface area contributed by atoms with Crippen LogP contribution in [0.2, 0.25) is 0 Å². The summed E-state index contributed by atoms with van der Waals surface area (Å²) in [5, 5.41) is 0. The van der Waals surface area contributed by atoms with Crippen molar-refractivity contribution < 1.29 is 9.13 Å². The molecule has 3 nitrogen and oxygen atoms in total. The average Bonchev–Trinajstić information content (AvgIpc) is 2.34. The minimum absolute atomic E-state index is 0.217. The van der Waals surface area contributed by atoms with Gasteiger partial charge < -0.3 is 15.4 Å². The lowest BCUT2D eigenvalue weighted by Crippen LogP contribution is -2.29. The van der Waals surface area contributed by atoms with Crippen LogP contribution in [-0.2, 0) is 4.74 Å². The van der Waals surface area contributed by atoms with Crippen molar-refractivity contribution in [2.45, 2.75) is 13.0 Å². The Labute approximate surface area is 108 Å². The van der Waals surface area contributed by atoms with E-state index in [1.807, 2.05) is 13.0 Å². The van der Waals surface area contributed by atoms with E-state index < -0.39 is 0 Å². The normalized spacial score (nSPS) is 12.2. The fourth-order valence-electron chi connectivity index (χ4n) is 1.85. The van der Waals surface area contributed by atoms with Gasteiger partial charge in [0.2, 0.25) is 0 Å². The van der Waals surface area contributed by atoms with Gasteiger partial charge in [0.1, 0.15) is 5.82 Å². The molecule has 0 fully saturated rings. The molecule has 100 valence electrons. The molecular formula is C14H21FN2O. The SMILES string of the molecule is C=CCN(CCOC)c1ccc(F)cc1C(C)N. The fourth-order valence-corrected chi connectivity index (χ4v) is 1.85. The molecule has 1 rings (SSSR count). The van der Waals surface area contributed by atoms with Gasteiger partial charge in [-0.25, -0.2) is 4.39 Å². The number of benzene rings is 1. The monoisotopic (exact) mass is 252 g/mol. The van der Waals surface area contributed by atoms with E-state index in [-0.39, 0.29) is 11.9 Å². The van der Waals surface area contributed by atoms with Crippen molar-refractivity contribution in [2.24, 2.45) is 5.73 Å². The van der Waals surface area contributed by atoms with E-state index >= 15 is 0 Å². The van der Waals surface area contributed by atoms with Crippen LogP contribution in [0.4, 0.5) is 10.1 Å². The quantitative estimate of drug-likeness (QED) is 0.758. The van der Waals surface area contributed by atoms with Gasteiger partial charge in [0.25, 0.3) is 0 Å². The van der Waals surface area contributed by atoms with Crippen LogP contribution in [-0.4, -0.2) is 26.8 Å². The third-order valence-corrected chi connectivity index (χ3v) is 2.74. The van der Waals surface area contributed by atoms with Crippen LogP contribution in [0.1, 0.15) is 18.5 Å². The predicted molar refractivity (Wildman–Crippen MR) is 73.3 cm³/mol. The Kier molecular flexibility index (Phi) is 5.82. The minimum atomic E-state index is -0.267. The van der Waals surface area contributed by atoms with E-state index in [1.165, 1.54) is 12.1 Å². The van der Waals surface area contributed by atoms with Crippen molar-refractivity contribution in [3.8, 4) is 0 Å². The van der Waals surface area contributed by atoms with Crippen molar-refractivity contribution in [3.05, 3.63) is 42.2 Å². The first-order valence-electron chi connectivity index (χ1n) is 6.00. The first-order chi connectivity index (χ1) is 8.60. The van der Waals surface area contributed by atoms with Crippen molar-refractivity contribution >= 4 is 5.69 Å². The molecule has 4 heteroatoms. The molecule has 0 spiro atoms. The molecule has 0 saturated carbocycles. The van der Waals surface area contributed by atoms with Gasteiger partial charge in [-0.1, -0.05) is 6.08 Å². The van der Waals surface area contributed by atoms with Gasteiger partial charge in [0, 0.05) is 31.9 Å². The van der Waals surface area contributed by atoms with Crippen LogP contribution >= 0.6 is 0 Å². The molecule has 0 heterocycles. The standard InChI is InChI=1S/C14H21FN2O/c1-4-7-17(8-9-18-3)14-6-5-12(15)10-13(14)11(2)16/h4-6,10-11H,1,7-9,16H2,2-3H3. The second-order valence-corrected chi connectivity index (χ2v) is 4.22. The van der Waals surface area contributed by atoms with E-state index in [0.717, 1.165) is 11.3 Å². The summed E-state index contributed by atoms with van der Waals surface area (Å²) in [6, 6.07) is 4.48. The van der Waals surface area contributed by atoms with Crippen LogP contribution in [0, 0.1) is 5.82 Å². The molecule has 0 aromatic heterocycles. The fraction of sp³-hybridized carbons (Fsp3) is 0.429. The van der Waals surface area contributed by atoms with Crippen LogP contribution in [0.5, 0.6) is 0 Å². The van der Waals surface area contributed by atoms with Crippen LogP contribution < -0.4 is 10.6 Å². The average molecular weight is 252 g/mol. The maximum absolute atomic E-state index is 13.3. The van der Waals surface area contributed by atoms with E-state index in [0.29, 0.717) is 19.7 Å². The molecule has 0 aliphatic rings. The highest BCUT2D eigenvalue weighted by atomic mass is 19.1. The number of hydrogen-bond acceptors (Lipinski definition) is 3. The van der Waals surface area contributed by atoms with Crippen LogP contribution in [0.25, 0.3) is 0 Å². The topological polar surface area (TPSA) is 38.5 Å². The Morgan fingerprint density at radius 3 is 2.83 bits per heavy atom. The summed E-state index contributed by atoms with van der Waals surface area (Å²) in [6.07, 6.45) is 1.81. The number of anilines is 1. The van der Waals surface area contributed by atoms with Gasteiger partial charge in [0.05, 0.1) is 6.61 Å². The van der Waals surface area contributed by atoms with E-state index in [1.54, 1.807) is 13.2 Å². The molecular weight excluding hydrogens is 231 g/mol. The second kappa shape index (κ2) is 7.13. The van der Waals surface area contributed by atoms with Crippen molar-refractivity contribution in [3.63, 3.8) is 0 Å². The highest BCUT2D eigenvalue weighted by Gasteiger charge is 2.13. The summed E-state index contributed by atoms with van der Waals surface area (Å²) in [4.78, 5) is 2.08. The van der Waals surface area contributed by atoms with Crippen LogP contribution in [0.15, 0.2) is 30.9 Å². The van der Waals surface area contributed by atoms with Crippen LogP contribution in [0.3, 0.4) is 0 Å². The van der Waals surface area contributed by atoms with E-state index in [9.17, 15) is 4.39 Å². The number of rotatable bonds is 7. The van der Waals surface area contributed by atoms with Gasteiger partial charge in [0.15, 0.2) is 0 Å². The van der Waals surface area contributed by atoms with Crippen molar-refractivity contribution in [2.75, 3.05) is 31.7 Å². The van der Waals surface area contributed by atoms with E-state index in [4.69, 9.17) is 10.5 Å². The Morgan fingerprint density at radius 1 is 1.56 bits per heavy atom. The lowest BCUT2D eigenvalue weighted by Gasteiger charge is -2.27. The predicted octanol–water partition coefficient (Wildman–Crippen LogP) is 2.48. The molecule has 0 radical (unpaired) electrons. The second-order valence-electron chi connectivity index (χ2n) is 4.22. The van der Waals surface area contributed by atoms with Gasteiger partial charge in [-0.3, -0.25) is 0 Å². The zero-order valence-electron chi connectivity index (χ0n) is 11.0. The lowest BCUT2D eigenvalue weighted by atomic mass is 10.1. The maximum atomic E-state index is 13.3. The summed E-state index contributed by atoms with van der Waals surface area (Å²) < 4.78 is 18.4. The smallest absolute Gasteiger partial charge is 0.123 e. The molecule has 0 bridgehead atoms. The molecule has 1 aromatic rings. The largest absolute Gasteiger partial charge is 0.383 e. The third kappa shape index (κ3) is 3.82. The van der Waals surface area contributed by atoms with Crippen molar-refractivity contribution in [1.82, 2.24) is 0 Å². The highest BCUT2D eigenvalue weighted by Crippen LogP contribution is 2.26. The molecule has 0 saturated heterocycles. The molecule has 0 aliphatic heterocycles. The van der Waals surface area contributed by atoms with Gasteiger partial charge in [-0.15, -0.1) is 6.58 Å². The Bertz CT molecular complexity index is 393. The Morgan fingerprint density at radius 2 is 2.28 bits per heavy atom. The number of ether oxygens (including phenoxy) is 1.